The lowest BCUT2D eigenvalue weighted by atomic mass is 9.87. The summed E-state index contributed by atoms with van der Waals surface area (Å²) in [5.41, 5.74) is 4.32. The van der Waals surface area contributed by atoms with Crippen LogP contribution < -0.4 is 4.74 Å². The van der Waals surface area contributed by atoms with Gasteiger partial charge in [-0.1, -0.05) is 71.0 Å². The van der Waals surface area contributed by atoms with Crippen LogP contribution in [0.4, 0.5) is 0 Å². The Morgan fingerprint density at radius 3 is 2.20 bits per heavy atom. The number of rotatable bonds is 9. The predicted molar refractivity (Wildman–Crippen MR) is 108 cm³/mol. The zero-order chi connectivity index (χ0) is 18.2. The Kier molecular flexibility index (Phi) is 7.55. The van der Waals surface area contributed by atoms with E-state index >= 15 is 0 Å². The molecule has 0 amide bonds. The average molecular weight is 339 g/mol. The molecule has 0 aromatic heterocycles. The molecule has 2 rings (SSSR count). The third kappa shape index (κ3) is 6.57. The van der Waals surface area contributed by atoms with Gasteiger partial charge in [0.1, 0.15) is 5.75 Å². The molecule has 1 nitrogen and oxygen atoms in total. The molecule has 0 heterocycles. The summed E-state index contributed by atoms with van der Waals surface area (Å²) in [5, 5.41) is 0. The lowest BCUT2D eigenvalue weighted by Gasteiger charge is -2.18. The van der Waals surface area contributed by atoms with Gasteiger partial charge in [-0.25, -0.2) is 0 Å². The van der Waals surface area contributed by atoms with Crippen molar-refractivity contribution in [3.63, 3.8) is 0 Å². The molecule has 136 valence electrons. The molecule has 0 N–H and O–H groups in total. The van der Waals surface area contributed by atoms with Crippen LogP contribution in [0.5, 0.6) is 5.75 Å². The van der Waals surface area contributed by atoms with E-state index in [1.165, 1.54) is 23.1 Å². The van der Waals surface area contributed by atoms with Gasteiger partial charge < -0.3 is 4.74 Å². The standard InChI is InChI=1S/C24H34O/c1-6-21-8-7-9-22(16-21)15-19(4)14-20(5)23-10-12-24(13-11-23)25-17-18(2)3/h7-13,16,18-20H,6,14-15,17H2,1-5H3/t19?,20-/m0/s1. The highest BCUT2D eigenvalue weighted by atomic mass is 16.5. The Balaban J connectivity index is 1.88. The number of hydrogen-bond donors (Lipinski definition) is 0. The SMILES string of the molecule is CCc1cccc(CC(C)C[C@H](C)c2ccc(OCC(C)C)cc2)c1. The van der Waals surface area contributed by atoms with E-state index < -0.39 is 0 Å². The Hall–Kier alpha value is -1.76. The molecule has 0 bridgehead atoms. The molecule has 2 aromatic rings. The second-order valence-electron chi connectivity index (χ2n) is 7.89. The van der Waals surface area contributed by atoms with Crippen LogP contribution in [0.15, 0.2) is 48.5 Å². The van der Waals surface area contributed by atoms with Crippen molar-refractivity contribution in [2.24, 2.45) is 11.8 Å². The van der Waals surface area contributed by atoms with Gasteiger partial charge in [-0.05, 0) is 65.8 Å². The minimum Gasteiger partial charge on any atom is -0.493 e. The number of aryl methyl sites for hydroxylation is 1. The summed E-state index contributed by atoms with van der Waals surface area (Å²) < 4.78 is 5.78. The van der Waals surface area contributed by atoms with E-state index in [1.54, 1.807) is 0 Å². The molecule has 1 heteroatoms. The van der Waals surface area contributed by atoms with Gasteiger partial charge in [0.05, 0.1) is 6.61 Å². The number of ether oxygens (including phenoxy) is 1. The second-order valence-corrected chi connectivity index (χ2v) is 7.89. The second kappa shape index (κ2) is 9.65. The van der Waals surface area contributed by atoms with Crippen molar-refractivity contribution in [1.29, 1.82) is 0 Å². The van der Waals surface area contributed by atoms with E-state index in [0.717, 1.165) is 25.2 Å². The summed E-state index contributed by atoms with van der Waals surface area (Å²) in [5.74, 6) is 2.79. The molecule has 2 atom stereocenters. The summed E-state index contributed by atoms with van der Waals surface area (Å²) in [6, 6.07) is 17.7. The lowest BCUT2D eigenvalue weighted by Crippen LogP contribution is -2.06. The van der Waals surface area contributed by atoms with Gasteiger partial charge in [0, 0.05) is 0 Å². The third-order valence-electron chi connectivity index (χ3n) is 4.77. The first kappa shape index (κ1) is 19.6. The van der Waals surface area contributed by atoms with E-state index in [9.17, 15) is 0 Å². The van der Waals surface area contributed by atoms with E-state index in [-0.39, 0.29) is 0 Å². The highest BCUT2D eigenvalue weighted by Crippen LogP contribution is 2.27. The highest BCUT2D eigenvalue weighted by Gasteiger charge is 2.12. The maximum Gasteiger partial charge on any atom is 0.119 e. The smallest absolute Gasteiger partial charge is 0.119 e. The minimum atomic E-state index is 0.561. The van der Waals surface area contributed by atoms with Gasteiger partial charge >= 0.3 is 0 Å². The number of benzene rings is 2. The van der Waals surface area contributed by atoms with Crippen LogP contribution in [0, 0.1) is 11.8 Å². The maximum absolute atomic E-state index is 5.78. The summed E-state index contributed by atoms with van der Waals surface area (Å²) >= 11 is 0. The molecule has 0 saturated heterocycles. The molecule has 0 saturated carbocycles. The molecule has 25 heavy (non-hydrogen) atoms. The Morgan fingerprint density at radius 2 is 1.56 bits per heavy atom. The molecule has 0 aliphatic carbocycles. The lowest BCUT2D eigenvalue weighted by molar-refractivity contribution is 0.271. The van der Waals surface area contributed by atoms with Gasteiger partial charge in [0.2, 0.25) is 0 Å². The van der Waals surface area contributed by atoms with Crippen molar-refractivity contribution in [1.82, 2.24) is 0 Å². The third-order valence-corrected chi connectivity index (χ3v) is 4.77. The van der Waals surface area contributed by atoms with E-state index in [0.29, 0.717) is 17.8 Å². The van der Waals surface area contributed by atoms with Crippen molar-refractivity contribution in [2.45, 2.75) is 59.8 Å². The number of hydrogen-bond acceptors (Lipinski definition) is 1. The molecule has 0 radical (unpaired) electrons. The van der Waals surface area contributed by atoms with E-state index in [1.807, 2.05) is 0 Å². The fourth-order valence-corrected chi connectivity index (χ4v) is 3.36. The highest BCUT2D eigenvalue weighted by molar-refractivity contribution is 5.29. The van der Waals surface area contributed by atoms with Crippen LogP contribution >= 0.6 is 0 Å². The molecule has 1 unspecified atom stereocenters. The van der Waals surface area contributed by atoms with Crippen LogP contribution in [0.1, 0.15) is 63.6 Å². The summed E-state index contributed by atoms with van der Waals surface area (Å²) in [6.45, 7) is 12.1. The quantitative estimate of drug-likeness (QED) is 0.497. The molecule has 0 fully saturated rings. The Morgan fingerprint density at radius 1 is 0.880 bits per heavy atom. The molecule has 0 spiro atoms. The normalized spacial score (nSPS) is 13.7. The van der Waals surface area contributed by atoms with Crippen molar-refractivity contribution in [2.75, 3.05) is 6.61 Å². The molecule has 2 aromatic carbocycles. The zero-order valence-electron chi connectivity index (χ0n) is 16.6. The van der Waals surface area contributed by atoms with Gasteiger partial charge in [0.25, 0.3) is 0 Å². The topological polar surface area (TPSA) is 9.23 Å². The predicted octanol–water partition coefficient (Wildman–Crippen LogP) is 6.66. The van der Waals surface area contributed by atoms with Crippen molar-refractivity contribution < 1.29 is 4.74 Å². The Bertz CT molecular complexity index is 627. The van der Waals surface area contributed by atoms with Gasteiger partial charge in [-0.3, -0.25) is 0 Å². The largest absolute Gasteiger partial charge is 0.493 e. The minimum absolute atomic E-state index is 0.561. The maximum atomic E-state index is 5.78. The fourth-order valence-electron chi connectivity index (χ4n) is 3.36. The van der Waals surface area contributed by atoms with Crippen molar-refractivity contribution >= 4 is 0 Å². The fraction of sp³-hybridized carbons (Fsp3) is 0.500. The monoisotopic (exact) mass is 338 g/mol. The first-order chi connectivity index (χ1) is 12.0. The van der Waals surface area contributed by atoms with Gasteiger partial charge in [0.15, 0.2) is 0 Å². The first-order valence-corrected chi connectivity index (χ1v) is 9.78. The van der Waals surface area contributed by atoms with E-state index in [4.69, 9.17) is 4.74 Å². The molecule has 0 aliphatic heterocycles. The van der Waals surface area contributed by atoms with E-state index in [2.05, 4.69) is 83.1 Å². The van der Waals surface area contributed by atoms with Crippen LogP contribution in [-0.4, -0.2) is 6.61 Å². The molecule has 0 aliphatic rings. The Labute approximate surface area is 154 Å². The van der Waals surface area contributed by atoms with Crippen LogP contribution in [-0.2, 0) is 12.8 Å². The van der Waals surface area contributed by atoms with Gasteiger partial charge in [-0.15, -0.1) is 0 Å². The van der Waals surface area contributed by atoms with Crippen molar-refractivity contribution in [3.05, 3.63) is 65.2 Å². The van der Waals surface area contributed by atoms with Crippen molar-refractivity contribution in [3.8, 4) is 5.75 Å². The summed E-state index contributed by atoms with van der Waals surface area (Å²) in [4.78, 5) is 0. The molecular weight excluding hydrogens is 304 g/mol. The zero-order valence-corrected chi connectivity index (χ0v) is 16.6. The van der Waals surface area contributed by atoms with Gasteiger partial charge in [-0.2, -0.15) is 0 Å². The van der Waals surface area contributed by atoms with Crippen LogP contribution in [0.2, 0.25) is 0 Å². The summed E-state index contributed by atoms with van der Waals surface area (Å²) in [6.07, 6.45) is 3.49. The summed E-state index contributed by atoms with van der Waals surface area (Å²) in [7, 11) is 0. The molecular formula is C24H34O. The average Bonchev–Trinajstić information content (AvgIpc) is 2.60. The first-order valence-electron chi connectivity index (χ1n) is 9.78. The van der Waals surface area contributed by atoms with Crippen LogP contribution in [0.25, 0.3) is 0 Å². The van der Waals surface area contributed by atoms with Crippen LogP contribution in [0.3, 0.4) is 0 Å².